The molecule has 2 aliphatic heterocycles. The van der Waals surface area contributed by atoms with Crippen molar-refractivity contribution in [3.05, 3.63) is 67.7 Å². The van der Waals surface area contributed by atoms with Gasteiger partial charge in [-0.25, -0.2) is 0 Å². The van der Waals surface area contributed by atoms with Gasteiger partial charge in [-0.05, 0) is 69.7 Å². The van der Waals surface area contributed by atoms with Crippen LogP contribution in [0.15, 0.2) is 29.3 Å². The summed E-state index contributed by atoms with van der Waals surface area (Å²) < 4.78 is 2.10. The van der Waals surface area contributed by atoms with E-state index in [9.17, 15) is 9.59 Å². The fraction of sp³-hybridized carbons (Fsp3) is 0.552. The molecular formula is C29H38N6O2S. The Bertz CT molecular complexity index is 1380. The largest absolute Gasteiger partial charge is 0.363 e. The van der Waals surface area contributed by atoms with Crippen LogP contribution in [0.3, 0.4) is 0 Å². The molecule has 3 aromatic rings. The highest BCUT2D eigenvalue weighted by atomic mass is 32.1. The molecule has 0 spiro atoms. The zero-order valence-electron chi connectivity index (χ0n) is 22.9. The van der Waals surface area contributed by atoms with Gasteiger partial charge in [-0.1, -0.05) is 0 Å². The van der Waals surface area contributed by atoms with Crippen LogP contribution in [0.4, 0.5) is 5.00 Å². The lowest BCUT2D eigenvalue weighted by molar-refractivity contribution is 0.0335. The van der Waals surface area contributed by atoms with E-state index < -0.39 is 0 Å². The van der Waals surface area contributed by atoms with Gasteiger partial charge in [-0.15, -0.1) is 11.3 Å². The van der Waals surface area contributed by atoms with Crippen molar-refractivity contribution >= 4 is 22.2 Å². The lowest BCUT2D eigenvalue weighted by Crippen LogP contribution is -2.54. The molecule has 0 atom stereocenters. The summed E-state index contributed by atoms with van der Waals surface area (Å²) >= 11 is 1.80. The molecule has 3 aliphatic rings. The topological polar surface area (TPSA) is 77.5 Å². The predicted octanol–water partition coefficient (Wildman–Crippen LogP) is 4.06. The number of thiophene rings is 1. The van der Waals surface area contributed by atoms with E-state index in [1.807, 2.05) is 37.1 Å². The molecule has 1 saturated heterocycles. The van der Waals surface area contributed by atoms with E-state index in [0.717, 1.165) is 41.9 Å². The molecule has 6 rings (SSSR count). The smallest absolute Gasteiger partial charge is 0.255 e. The summed E-state index contributed by atoms with van der Waals surface area (Å²) in [6.45, 7) is 9.18. The number of rotatable bonds is 6. The summed E-state index contributed by atoms with van der Waals surface area (Å²) in [4.78, 5) is 37.2. The Kier molecular flexibility index (Phi) is 6.68. The van der Waals surface area contributed by atoms with Crippen LogP contribution in [-0.4, -0.2) is 69.2 Å². The van der Waals surface area contributed by atoms with Gasteiger partial charge < -0.3 is 14.8 Å². The highest BCUT2D eigenvalue weighted by molar-refractivity contribution is 7.16. The molecule has 0 bridgehead atoms. The molecule has 1 amide bonds. The lowest BCUT2D eigenvalue weighted by atomic mass is 9.87. The van der Waals surface area contributed by atoms with E-state index in [4.69, 9.17) is 0 Å². The van der Waals surface area contributed by atoms with Gasteiger partial charge in [-0.3, -0.25) is 19.2 Å². The number of aryl methyl sites for hydroxylation is 2. The molecule has 2 fully saturated rings. The van der Waals surface area contributed by atoms with Crippen LogP contribution in [0.1, 0.15) is 69.3 Å². The first-order chi connectivity index (χ1) is 18.3. The number of aromatic amines is 1. The number of H-pyrrole nitrogens is 1. The SMILES string of the molecule is Cc1cc(C)c(CN2CCc3sc(N(C)[C@H]4CC[C@H](N5CC(n6cccn6)C5)CC4)c(C)c3C2=O)c(=O)[nH]1. The summed E-state index contributed by atoms with van der Waals surface area (Å²) in [7, 11) is 2.21. The maximum absolute atomic E-state index is 13.6. The second-order valence-corrected chi connectivity index (χ2v) is 12.5. The van der Waals surface area contributed by atoms with Crippen LogP contribution in [0.5, 0.6) is 0 Å². The lowest BCUT2D eigenvalue weighted by Gasteiger charge is -2.47. The third-order valence-corrected chi connectivity index (χ3v) is 10.4. The zero-order valence-corrected chi connectivity index (χ0v) is 23.7. The molecule has 1 aliphatic carbocycles. The number of aromatic nitrogens is 3. The Morgan fingerprint density at radius 2 is 1.87 bits per heavy atom. The van der Waals surface area contributed by atoms with Gasteiger partial charge in [0.2, 0.25) is 0 Å². The standard InChI is InChI=1S/C29H38N6O2S/c1-18-14-19(2)31-27(36)24(18)17-33-13-10-25-26(28(33)37)20(3)29(38-25)32(4)21-6-8-22(9-7-21)34-15-23(16-34)35-12-5-11-30-35/h5,11-12,14,21-23H,6-10,13,15-17H2,1-4H3,(H,31,36)/t21-,22-. The third kappa shape index (κ3) is 4.49. The Labute approximate surface area is 228 Å². The molecule has 38 heavy (non-hydrogen) atoms. The number of carbonyl (C=O) groups is 1. The van der Waals surface area contributed by atoms with Gasteiger partial charge in [0.15, 0.2) is 0 Å². The summed E-state index contributed by atoms with van der Waals surface area (Å²) in [6, 6.07) is 5.69. The van der Waals surface area contributed by atoms with Gasteiger partial charge in [0, 0.05) is 73.7 Å². The number of amides is 1. The highest BCUT2D eigenvalue weighted by Gasteiger charge is 2.37. The molecular weight excluding hydrogens is 496 g/mol. The number of pyridine rings is 1. The van der Waals surface area contributed by atoms with Gasteiger partial charge in [0.05, 0.1) is 23.2 Å². The number of anilines is 1. The summed E-state index contributed by atoms with van der Waals surface area (Å²) in [5, 5.41) is 5.64. The number of likely N-dealkylation sites (tertiary alicyclic amines) is 1. The summed E-state index contributed by atoms with van der Waals surface area (Å²) in [5.74, 6) is 0.0623. The first-order valence-corrected chi connectivity index (χ1v) is 14.7. The minimum absolute atomic E-state index is 0.0623. The van der Waals surface area contributed by atoms with Crippen molar-refractivity contribution in [1.82, 2.24) is 24.6 Å². The minimum Gasteiger partial charge on any atom is -0.363 e. The van der Waals surface area contributed by atoms with Crippen molar-refractivity contribution in [2.75, 3.05) is 31.6 Å². The molecule has 5 heterocycles. The van der Waals surface area contributed by atoms with Crippen molar-refractivity contribution in [2.24, 2.45) is 0 Å². The van der Waals surface area contributed by atoms with E-state index in [2.05, 4.69) is 44.7 Å². The van der Waals surface area contributed by atoms with Crippen molar-refractivity contribution in [2.45, 2.75) is 77.5 Å². The first-order valence-electron chi connectivity index (χ1n) is 13.9. The highest BCUT2D eigenvalue weighted by Crippen LogP contribution is 2.41. The van der Waals surface area contributed by atoms with Crippen LogP contribution >= 0.6 is 11.3 Å². The van der Waals surface area contributed by atoms with E-state index in [1.165, 1.54) is 35.6 Å². The van der Waals surface area contributed by atoms with Crippen LogP contribution in [0.2, 0.25) is 0 Å². The fourth-order valence-corrected chi connectivity index (χ4v) is 8.01. The first kappa shape index (κ1) is 25.4. The number of nitrogens with zero attached hydrogens (tertiary/aromatic N) is 5. The average Bonchev–Trinajstić information content (AvgIpc) is 3.50. The number of hydrogen-bond acceptors (Lipinski definition) is 6. The number of nitrogens with one attached hydrogen (secondary N) is 1. The van der Waals surface area contributed by atoms with E-state index >= 15 is 0 Å². The second-order valence-electron chi connectivity index (χ2n) is 11.4. The van der Waals surface area contributed by atoms with Crippen LogP contribution in [0.25, 0.3) is 0 Å². The molecule has 0 aromatic carbocycles. The molecule has 3 aromatic heterocycles. The molecule has 202 valence electrons. The Balaban J connectivity index is 1.10. The normalized spacial score (nSPS) is 22.4. The average molecular weight is 535 g/mol. The number of fused-ring (bicyclic) bond motifs is 1. The Morgan fingerprint density at radius 1 is 1.11 bits per heavy atom. The van der Waals surface area contributed by atoms with Crippen LogP contribution in [-0.2, 0) is 13.0 Å². The van der Waals surface area contributed by atoms with Crippen molar-refractivity contribution in [3.8, 4) is 0 Å². The van der Waals surface area contributed by atoms with Gasteiger partial charge in [0.25, 0.3) is 11.5 Å². The van der Waals surface area contributed by atoms with Crippen molar-refractivity contribution < 1.29 is 4.79 Å². The maximum atomic E-state index is 13.6. The molecule has 0 unspecified atom stereocenters. The monoisotopic (exact) mass is 534 g/mol. The fourth-order valence-electron chi connectivity index (χ4n) is 6.70. The Hall–Kier alpha value is -2.91. The van der Waals surface area contributed by atoms with E-state index in [0.29, 0.717) is 36.8 Å². The van der Waals surface area contributed by atoms with E-state index in [-0.39, 0.29) is 11.5 Å². The van der Waals surface area contributed by atoms with Gasteiger partial charge in [0.1, 0.15) is 0 Å². The van der Waals surface area contributed by atoms with Crippen molar-refractivity contribution in [3.63, 3.8) is 0 Å². The third-order valence-electron chi connectivity index (χ3n) is 8.99. The predicted molar refractivity (Wildman–Crippen MR) is 151 cm³/mol. The number of carbonyl (C=O) groups excluding carboxylic acids is 1. The minimum atomic E-state index is -0.0886. The number of hydrogen-bond donors (Lipinski definition) is 1. The summed E-state index contributed by atoms with van der Waals surface area (Å²) in [5.41, 5.74) is 4.36. The quantitative estimate of drug-likeness (QED) is 0.516. The molecule has 0 radical (unpaired) electrons. The van der Waals surface area contributed by atoms with Crippen LogP contribution < -0.4 is 10.5 Å². The molecule has 8 nitrogen and oxygen atoms in total. The summed E-state index contributed by atoms with van der Waals surface area (Å²) in [6.07, 6.45) is 9.60. The van der Waals surface area contributed by atoms with Gasteiger partial charge >= 0.3 is 0 Å². The Morgan fingerprint density at radius 3 is 2.55 bits per heavy atom. The molecule has 9 heteroatoms. The van der Waals surface area contributed by atoms with E-state index in [1.54, 1.807) is 11.3 Å². The second kappa shape index (κ2) is 10.0. The maximum Gasteiger partial charge on any atom is 0.255 e. The zero-order chi connectivity index (χ0) is 26.6. The van der Waals surface area contributed by atoms with Gasteiger partial charge in [-0.2, -0.15) is 5.10 Å². The molecule has 1 N–H and O–H groups in total. The molecule has 1 saturated carbocycles. The van der Waals surface area contributed by atoms with Crippen LogP contribution in [0, 0.1) is 20.8 Å². The van der Waals surface area contributed by atoms with Crippen molar-refractivity contribution in [1.29, 1.82) is 0 Å².